The highest BCUT2D eigenvalue weighted by atomic mass is 16.2. The van der Waals surface area contributed by atoms with E-state index in [1.807, 2.05) is 0 Å². The number of rotatable bonds is 5. The highest BCUT2D eigenvalue weighted by molar-refractivity contribution is 5.76. The van der Waals surface area contributed by atoms with Crippen molar-refractivity contribution in [3.8, 4) is 0 Å². The van der Waals surface area contributed by atoms with Gasteiger partial charge < -0.3 is 10.6 Å². The minimum Gasteiger partial charge on any atom is -0.342 e. The van der Waals surface area contributed by atoms with Crippen LogP contribution >= 0.6 is 0 Å². The SMILES string of the molecule is CCCC1(C)CCCN(C(=O)CCCN)C1. The maximum absolute atomic E-state index is 11.9. The molecule has 16 heavy (non-hydrogen) atoms. The summed E-state index contributed by atoms with van der Waals surface area (Å²) in [5.74, 6) is 0.299. The Morgan fingerprint density at radius 1 is 1.50 bits per heavy atom. The van der Waals surface area contributed by atoms with E-state index < -0.39 is 0 Å². The van der Waals surface area contributed by atoms with Crippen molar-refractivity contribution in [3.05, 3.63) is 0 Å². The average Bonchev–Trinajstić information content (AvgIpc) is 2.25. The van der Waals surface area contributed by atoms with E-state index in [0.717, 1.165) is 25.9 Å². The van der Waals surface area contributed by atoms with E-state index in [9.17, 15) is 4.79 Å². The maximum Gasteiger partial charge on any atom is 0.222 e. The first-order valence-electron chi connectivity index (χ1n) is 6.59. The smallest absolute Gasteiger partial charge is 0.222 e. The van der Waals surface area contributed by atoms with Crippen LogP contribution in [0.4, 0.5) is 0 Å². The van der Waals surface area contributed by atoms with Gasteiger partial charge in [0.05, 0.1) is 0 Å². The molecule has 1 rings (SSSR count). The molecule has 1 saturated heterocycles. The Labute approximate surface area is 99.4 Å². The third kappa shape index (κ3) is 3.78. The number of hydrogen-bond donors (Lipinski definition) is 1. The molecule has 0 spiro atoms. The standard InChI is InChI=1S/C13H26N2O/c1-3-7-13(2)8-5-10-15(11-13)12(16)6-4-9-14/h3-11,14H2,1-2H3. The molecule has 0 aromatic heterocycles. The number of likely N-dealkylation sites (tertiary alicyclic amines) is 1. The number of nitrogens with zero attached hydrogens (tertiary/aromatic N) is 1. The highest BCUT2D eigenvalue weighted by Gasteiger charge is 2.31. The molecule has 1 amide bonds. The van der Waals surface area contributed by atoms with E-state index >= 15 is 0 Å². The highest BCUT2D eigenvalue weighted by Crippen LogP contribution is 2.34. The lowest BCUT2D eigenvalue weighted by Gasteiger charge is -2.40. The first-order chi connectivity index (χ1) is 7.61. The predicted octanol–water partition coefficient (Wildman–Crippen LogP) is 2.15. The molecule has 3 heteroatoms. The van der Waals surface area contributed by atoms with Gasteiger partial charge in [0.1, 0.15) is 0 Å². The number of nitrogens with two attached hydrogens (primary N) is 1. The molecule has 1 atom stereocenters. The minimum atomic E-state index is 0.299. The van der Waals surface area contributed by atoms with Crippen molar-refractivity contribution in [3.63, 3.8) is 0 Å². The molecule has 3 nitrogen and oxygen atoms in total. The third-order valence-corrected chi connectivity index (χ3v) is 3.58. The van der Waals surface area contributed by atoms with Crippen LogP contribution in [0.15, 0.2) is 0 Å². The summed E-state index contributed by atoms with van der Waals surface area (Å²) >= 11 is 0. The summed E-state index contributed by atoms with van der Waals surface area (Å²) in [7, 11) is 0. The zero-order valence-electron chi connectivity index (χ0n) is 10.8. The normalized spacial score (nSPS) is 25.8. The summed E-state index contributed by atoms with van der Waals surface area (Å²) in [6.07, 6.45) is 6.31. The van der Waals surface area contributed by atoms with E-state index in [1.165, 1.54) is 19.3 Å². The molecule has 0 aromatic rings. The van der Waals surface area contributed by atoms with Gasteiger partial charge in [-0.1, -0.05) is 20.3 Å². The van der Waals surface area contributed by atoms with Crippen molar-refractivity contribution in [2.75, 3.05) is 19.6 Å². The molecule has 0 bridgehead atoms. The van der Waals surface area contributed by atoms with Crippen LogP contribution < -0.4 is 5.73 Å². The predicted molar refractivity (Wildman–Crippen MR) is 67.1 cm³/mol. The number of piperidine rings is 1. The Hall–Kier alpha value is -0.570. The summed E-state index contributed by atoms with van der Waals surface area (Å²) in [6.45, 7) is 7.05. The van der Waals surface area contributed by atoms with Crippen LogP contribution in [0.3, 0.4) is 0 Å². The minimum absolute atomic E-state index is 0.299. The molecule has 0 aromatic carbocycles. The molecule has 0 radical (unpaired) electrons. The third-order valence-electron chi connectivity index (χ3n) is 3.58. The van der Waals surface area contributed by atoms with Crippen LogP contribution in [0.25, 0.3) is 0 Å². The van der Waals surface area contributed by atoms with E-state index in [-0.39, 0.29) is 0 Å². The molecule has 0 saturated carbocycles. The molecule has 1 heterocycles. The Balaban J connectivity index is 2.46. The molecular weight excluding hydrogens is 200 g/mol. The zero-order chi connectivity index (χ0) is 12.0. The Kier molecular flexibility index (Phi) is 5.26. The monoisotopic (exact) mass is 226 g/mol. The van der Waals surface area contributed by atoms with Gasteiger partial charge in [-0.25, -0.2) is 0 Å². The largest absolute Gasteiger partial charge is 0.342 e. The molecule has 1 aliphatic rings. The summed E-state index contributed by atoms with van der Waals surface area (Å²) in [4.78, 5) is 14.0. The van der Waals surface area contributed by atoms with E-state index in [1.54, 1.807) is 0 Å². The lowest BCUT2D eigenvalue weighted by atomic mass is 9.78. The lowest BCUT2D eigenvalue weighted by molar-refractivity contribution is -0.134. The van der Waals surface area contributed by atoms with Gasteiger partial charge in [-0.05, 0) is 37.6 Å². The van der Waals surface area contributed by atoms with Gasteiger partial charge in [-0.2, -0.15) is 0 Å². The fourth-order valence-corrected chi connectivity index (χ4v) is 2.75. The van der Waals surface area contributed by atoms with Crippen LogP contribution in [0.2, 0.25) is 0 Å². The lowest BCUT2D eigenvalue weighted by Crippen LogP contribution is -2.44. The van der Waals surface area contributed by atoms with Crippen molar-refractivity contribution in [2.24, 2.45) is 11.1 Å². The molecule has 1 aliphatic heterocycles. The fraction of sp³-hybridized carbons (Fsp3) is 0.923. The molecule has 2 N–H and O–H groups in total. The summed E-state index contributed by atoms with van der Waals surface area (Å²) in [5, 5.41) is 0. The van der Waals surface area contributed by atoms with Gasteiger partial charge in [0, 0.05) is 19.5 Å². The second-order valence-electron chi connectivity index (χ2n) is 5.37. The molecule has 0 aliphatic carbocycles. The second-order valence-corrected chi connectivity index (χ2v) is 5.37. The summed E-state index contributed by atoms with van der Waals surface area (Å²) < 4.78 is 0. The zero-order valence-corrected chi connectivity index (χ0v) is 10.8. The second kappa shape index (κ2) is 6.24. The fourth-order valence-electron chi connectivity index (χ4n) is 2.75. The van der Waals surface area contributed by atoms with Gasteiger partial charge in [0.2, 0.25) is 5.91 Å². The molecule has 1 unspecified atom stereocenters. The van der Waals surface area contributed by atoms with Crippen molar-refractivity contribution in [1.82, 2.24) is 4.90 Å². The van der Waals surface area contributed by atoms with Crippen molar-refractivity contribution in [2.45, 2.75) is 52.4 Å². The van der Waals surface area contributed by atoms with Gasteiger partial charge in [-0.3, -0.25) is 4.79 Å². The number of amides is 1. The van der Waals surface area contributed by atoms with Crippen LogP contribution in [0.5, 0.6) is 0 Å². The van der Waals surface area contributed by atoms with Crippen LogP contribution in [-0.4, -0.2) is 30.4 Å². The molecule has 94 valence electrons. The van der Waals surface area contributed by atoms with Crippen molar-refractivity contribution < 1.29 is 4.79 Å². The van der Waals surface area contributed by atoms with Gasteiger partial charge in [0.25, 0.3) is 0 Å². The van der Waals surface area contributed by atoms with Crippen LogP contribution in [0, 0.1) is 5.41 Å². The Morgan fingerprint density at radius 3 is 2.88 bits per heavy atom. The number of carbonyl (C=O) groups is 1. The van der Waals surface area contributed by atoms with Crippen molar-refractivity contribution in [1.29, 1.82) is 0 Å². The van der Waals surface area contributed by atoms with Crippen molar-refractivity contribution >= 4 is 5.91 Å². The Morgan fingerprint density at radius 2 is 2.25 bits per heavy atom. The topological polar surface area (TPSA) is 46.3 Å². The summed E-state index contributed by atoms with van der Waals surface area (Å²) in [5.41, 5.74) is 5.79. The van der Waals surface area contributed by atoms with Crippen LogP contribution in [0.1, 0.15) is 52.4 Å². The van der Waals surface area contributed by atoms with Gasteiger partial charge in [0.15, 0.2) is 0 Å². The maximum atomic E-state index is 11.9. The number of carbonyl (C=O) groups excluding carboxylic acids is 1. The van der Waals surface area contributed by atoms with E-state index in [2.05, 4.69) is 18.7 Å². The molecular formula is C13H26N2O. The first kappa shape index (κ1) is 13.5. The van der Waals surface area contributed by atoms with E-state index in [0.29, 0.717) is 24.3 Å². The average molecular weight is 226 g/mol. The van der Waals surface area contributed by atoms with Gasteiger partial charge in [-0.15, -0.1) is 0 Å². The van der Waals surface area contributed by atoms with E-state index in [4.69, 9.17) is 5.73 Å². The summed E-state index contributed by atoms with van der Waals surface area (Å²) in [6, 6.07) is 0. The molecule has 1 fully saturated rings. The quantitative estimate of drug-likeness (QED) is 0.781. The van der Waals surface area contributed by atoms with Crippen LogP contribution in [-0.2, 0) is 4.79 Å². The number of hydrogen-bond acceptors (Lipinski definition) is 2. The Bertz CT molecular complexity index is 226. The first-order valence-corrected chi connectivity index (χ1v) is 6.59. The van der Waals surface area contributed by atoms with Gasteiger partial charge >= 0.3 is 0 Å².